The van der Waals surface area contributed by atoms with Gasteiger partial charge in [-0.2, -0.15) is 0 Å². The minimum Gasteiger partial charge on any atom is -0.391 e. The molecule has 2 heterocycles. The predicted molar refractivity (Wildman–Crippen MR) is 91.3 cm³/mol. The smallest absolute Gasteiger partial charge is 0.225 e. The molecule has 2 aliphatic rings. The van der Waals surface area contributed by atoms with Crippen molar-refractivity contribution in [3.63, 3.8) is 0 Å². The average molecular weight is 330 g/mol. The highest BCUT2D eigenvalue weighted by atomic mass is 16.3. The van der Waals surface area contributed by atoms with E-state index in [0.29, 0.717) is 19.6 Å². The maximum absolute atomic E-state index is 12.8. The molecule has 5 heteroatoms. The lowest BCUT2D eigenvalue weighted by molar-refractivity contribution is -0.139. The van der Waals surface area contributed by atoms with E-state index in [0.717, 1.165) is 18.4 Å². The third-order valence-electron chi connectivity index (χ3n) is 5.46. The van der Waals surface area contributed by atoms with Gasteiger partial charge in [0.1, 0.15) is 0 Å². The Morgan fingerprint density at radius 3 is 2.71 bits per heavy atom. The van der Waals surface area contributed by atoms with E-state index >= 15 is 0 Å². The number of rotatable bonds is 2. The molecule has 2 aliphatic heterocycles. The van der Waals surface area contributed by atoms with Crippen LogP contribution in [0, 0.1) is 5.92 Å². The lowest BCUT2D eigenvalue weighted by Gasteiger charge is -2.39. The minimum atomic E-state index is -0.453. The number of amides is 2. The summed E-state index contributed by atoms with van der Waals surface area (Å²) in [4.78, 5) is 28.4. The maximum Gasteiger partial charge on any atom is 0.225 e. The van der Waals surface area contributed by atoms with E-state index in [2.05, 4.69) is 6.07 Å². The van der Waals surface area contributed by atoms with Crippen LogP contribution < -0.4 is 0 Å². The summed E-state index contributed by atoms with van der Waals surface area (Å²) in [5.74, 6) is 0.265. The summed E-state index contributed by atoms with van der Waals surface area (Å²) >= 11 is 0. The van der Waals surface area contributed by atoms with E-state index in [-0.39, 0.29) is 30.2 Å². The van der Waals surface area contributed by atoms with Crippen molar-refractivity contribution < 1.29 is 14.7 Å². The molecule has 0 saturated carbocycles. The Kier molecular flexibility index (Phi) is 4.90. The van der Waals surface area contributed by atoms with Crippen molar-refractivity contribution in [2.75, 3.05) is 19.6 Å². The molecule has 1 aromatic carbocycles. The molecule has 3 atom stereocenters. The van der Waals surface area contributed by atoms with Gasteiger partial charge in [0, 0.05) is 26.6 Å². The fourth-order valence-electron chi connectivity index (χ4n) is 3.82. The van der Waals surface area contributed by atoms with Crippen molar-refractivity contribution in [2.45, 2.75) is 45.3 Å². The molecular formula is C19H26N2O3. The van der Waals surface area contributed by atoms with Crippen LogP contribution in [0.3, 0.4) is 0 Å². The van der Waals surface area contributed by atoms with Gasteiger partial charge in [0.15, 0.2) is 0 Å². The number of hydrogen-bond donors (Lipinski definition) is 1. The van der Waals surface area contributed by atoms with Gasteiger partial charge in [-0.1, -0.05) is 31.2 Å². The van der Waals surface area contributed by atoms with Crippen LogP contribution in [-0.4, -0.2) is 52.5 Å². The number of β-amino-alcohol motifs (C(OH)–C–C–N with tert-alkyl or cyclic N) is 1. The van der Waals surface area contributed by atoms with Crippen molar-refractivity contribution in [1.29, 1.82) is 0 Å². The molecule has 1 aromatic rings. The number of nitrogens with zero attached hydrogens (tertiary/aromatic N) is 2. The number of aliphatic hydroxyl groups excluding tert-OH is 1. The molecule has 3 rings (SSSR count). The topological polar surface area (TPSA) is 60.9 Å². The number of piperidine rings is 1. The first-order valence-electron chi connectivity index (χ1n) is 8.78. The van der Waals surface area contributed by atoms with Crippen LogP contribution >= 0.6 is 0 Å². The van der Waals surface area contributed by atoms with Crippen LogP contribution in [0.15, 0.2) is 24.3 Å². The van der Waals surface area contributed by atoms with Gasteiger partial charge in [-0.05, 0) is 29.9 Å². The quantitative estimate of drug-likeness (QED) is 0.899. The highest BCUT2D eigenvalue weighted by Crippen LogP contribution is 2.33. The molecule has 24 heavy (non-hydrogen) atoms. The Morgan fingerprint density at radius 1 is 1.25 bits per heavy atom. The number of carbonyl (C=O) groups excluding carboxylic acids is 2. The van der Waals surface area contributed by atoms with Crippen molar-refractivity contribution >= 4 is 11.8 Å². The van der Waals surface area contributed by atoms with E-state index in [4.69, 9.17) is 0 Å². The van der Waals surface area contributed by atoms with Crippen molar-refractivity contribution in [1.82, 2.24) is 9.80 Å². The zero-order valence-corrected chi connectivity index (χ0v) is 14.4. The standard InChI is InChI=1S/C19H26N2O3/c1-13-7-9-20(12-18(13)23)19(24)11-17-16-6-4-3-5-15(16)8-10-21(17)14(2)22/h3-6,13,17-18,23H,7-12H2,1-2H3. The van der Waals surface area contributed by atoms with E-state index in [1.54, 1.807) is 11.8 Å². The van der Waals surface area contributed by atoms with Gasteiger partial charge < -0.3 is 14.9 Å². The van der Waals surface area contributed by atoms with Gasteiger partial charge in [0.25, 0.3) is 0 Å². The van der Waals surface area contributed by atoms with Crippen LogP contribution in [-0.2, 0) is 16.0 Å². The second kappa shape index (κ2) is 6.93. The van der Waals surface area contributed by atoms with Gasteiger partial charge in [-0.25, -0.2) is 0 Å². The molecule has 0 spiro atoms. The Hall–Kier alpha value is -1.88. The largest absolute Gasteiger partial charge is 0.391 e. The molecule has 5 nitrogen and oxygen atoms in total. The third-order valence-corrected chi connectivity index (χ3v) is 5.46. The van der Waals surface area contributed by atoms with Crippen LogP contribution in [0.1, 0.15) is 43.9 Å². The second-order valence-electron chi connectivity index (χ2n) is 7.05. The number of fused-ring (bicyclic) bond motifs is 1. The minimum absolute atomic E-state index is 0.00889. The molecule has 1 fully saturated rings. The predicted octanol–water partition coefficient (Wildman–Crippen LogP) is 1.75. The summed E-state index contributed by atoms with van der Waals surface area (Å²) in [5, 5.41) is 10.0. The van der Waals surface area contributed by atoms with E-state index in [1.165, 1.54) is 5.56 Å². The number of aliphatic hydroxyl groups is 1. The number of hydrogen-bond acceptors (Lipinski definition) is 3. The number of carbonyl (C=O) groups is 2. The first-order chi connectivity index (χ1) is 11.5. The van der Waals surface area contributed by atoms with Crippen LogP contribution in [0.4, 0.5) is 0 Å². The molecule has 1 saturated heterocycles. The molecule has 1 N–H and O–H groups in total. The fraction of sp³-hybridized carbons (Fsp3) is 0.579. The molecule has 130 valence electrons. The van der Waals surface area contributed by atoms with Crippen LogP contribution in [0.25, 0.3) is 0 Å². The van der Waals surface area contributed by atoms with Gasteiger partial charge >= 0.3 is 0 Å². The summed E-state index contributed by atoms with van der Waals surface area (Å²) in [6.07, 6.45) is 1.49. The Morgan fingerprint density at radius 2 is 2.00 bits per heavy atom. The SMILES string of the molecule is CC(=O)N1CCc2ccccc2C1CC(=O)N1CCC(C)C(O)C1. The maximum atomic E-state index is 12.8. The Labute approximate surface area is 143 Å². The normalized spacial score (nSPS) is 26.9. The molecule has 2 amide bonds. The highest BCUT2D eigenvalue weighted by Gasteiger charge is 2.34. The summed E-state index contributed by atoms with van der Waals surface area (Å²) in [6, 6.07) is 7.87. The molecule has 3 unspecified atom stereocenters. The molecule has 0 radical (unpaired) electrons. The van der Waals surface area contributed by atoms with E-state index < -0.39 is 6.10 Å². The Balaban J connectivity index is 1.78. The van der Waals surface area contributed by atoms with Gasteiger partial charge in [-0.15, -0.1) is 0 Å². The van der Waals surface area contributed by atoms with Gasteiger partial charge in [0.05, 0.1) is 18.6 Å². The summed E-state index contributed by atoms with van der Waals surface area (Å²) in [6.45, 7) is 5.32. The summed E-state index contributed by atoms with van der Waals surface area (Å²) in [5.41, 5.74) is 2.30. The zero-order chi connectivity index (χ0) is 17.3. The van der Waals surface area contributed by atoms with Crippen molar-refractivity contribution in [3.05, 3.63) is 35.4 Å². The molecule has 0 aromatic heterocycles. The average Bonchev–Trinajstić information content (AvgIpc) is 2.57. The summed E-state index contributed by atoms with van der Waals surface area (Å²) < 4.78 is 0. The number of likely N-dealkylation sites (tertiary alicyclic amines) is 1. The molecular weight excluding hydrogens is 304 g/mol. The highest BCUT2D eigenvalue weighted by molar-refractivity contribution is 5.80. The molecule has 0 bridgehead atoms. The zero-order valence-electron chi connectivity index (χ0n) is 14.4. The number of benzene rings is 1. The van der Waals surface area contributed by atoms with Gasteiger partial charge in [-0.3, -0.25) is 9.59 Å². The van der Waals surface area contributed by atoms with Crippen molar-refractivity contribution in [2.24, 2.45) is 5.92 Å². The summed E-state index contributed by atoms with van der Waals surface area (Å²) in [7, 11) is 0. The van der Waals surface area contributed by atoms with Crippen molar-refractivity contribution in [3.8, 4) is 0 Å². The fourth-order valence-corrected chi connectivity index (χ4v) is 3.82. The first kappa shape index (κ1) is 17.0. The molecule has 0 aliphatic carbocycles. The van der Waals surface area contributed by atoms with Gasteiger partial charge in [0.2, 0.25) is 11.8 Å². The monoisotopic (exact) mass is 330 g/mol. The third kappa shape index (κ3) is 3.31. The lowest BCUT2D eigenvalue weighted by atomic mass is 9.89. The lowest BCUT2D eigenvalue weighted by Crippen LogP contribution is -2.47. The Bertz CT molecular complexity index is 631. The van der Waals surface area contributed by atoms with E-state index in [1.807, 2.05) is 30.0 Å². The van der Waals surface area contributed by atoms with Crippen LogP contribution in [0.5, 0.6) is 0 Å². The van der Waals surface area contributed by atoms with Crippen LogP contribution in [0.2, 0.25) is 0 Å². The first-order valence-corrected chi connectivity index (χ1v) is 8.78. The van der Waals surface area contributed by atoms with E-state index in [9.17, 15) is 14.7 Å². The second-order valence-corrected chi connectivity index (χ2v) is 7.05.